The number of aromatic nitrogens is 1. The molecular formula is C13H15BrN2S. The molecule has 1 heterocycles. The van der Waals surface area contributed by atoms with Gasteiger partial charge in [-0.3, -0.25) is 0 Å². The molecule has 4 heteroatoms. The molecule has 2 rings (SSSR count). The van der Waals surface area contributed by atoms with E-state index in [0.717, 1.165) is 27.2 Å². The highest BCUT2D eigenvalue weighted by atomic mass is 79.9. The van der Waals surface area contributed by atoms with Crippen LogP contribution in [-0.2, 0) is 6.42 Å². The molecule has 0 saturated heterocycles. The number of nitrogens with zero attached hydrogens (tertiary/aromatic N) is 1. The first kappa shape index (κ1) is 12.7. The summed E-state index contributed by atoms with van der Waals surface area (Å²) in [7, 11) is 0. The minimum absolute atomic E-state index is 0.200. The lowest BCUT2D eigenvalue weighted by atomic mass is 10.0. The van der Waals surface area contributed by atoms with Crippen molar-refractivity contribution in [2.45, 2.75) is 25.8 Å². The van der Waals surface area contributed by atoms with Crippen LogP contribution in [0.25, 0.3) is 11.3 Å². The van der Waals surface area contributed by atoms with Gasteiger partial charge in [-0.25, -0.2) is 4.98 Å². The quantitative estimate of drug-likeness (QED) is 0.935. The van der Waals surface area contributed by atoms with Gasteiger partial charge in [0.2, 0.25) is 0 Å². The molecule has 1 aromatic carbocycles. The molecule has 0 aliphatic heterocycles. The minimum Gasteiger partial charge on any atom is -0.325 e. The van der Waals surface area contributed by atoms with Crippen LogP contribution < -0.4 is 5.73 Å². The van der Waals surface area contributed by atoms with Crippen molar-refractivity contribution >= 4 is 27.3 Å². The summed E-state index contributed by atoms with van der Waals surface area (Å²) in [5.41, 5.74) is 7.97. The molecule has 0 amide bonds. The Bertz CT molecular complexity index is 497. The molecule has 0 atom stereocenters. The Morgan fingerprint density at radius 2 is 1.94 bits per heavy atom. The minimum atomic E-state index is -0.200. The number of hydrogen-bond donors (Lipinski definition) is 1. The van der Waals surface area contributed by atoms with Crippen molar-refractivity contribution < 1.29 is 0 Å². The molecule has 0 saturated carbocycles. The van der Waals surface area contributed by atoms with Crippen molar-refractivity contribution in [3.8, 4) is 11.3 Å². The summed E-state index contributed by atoms with van der Waals surface area (Å²) in [6.45, 7) is 4.04. The van der Waals surface area contributed by atoms with Crippen LogP contribution in [0.2, 0.25) is 0 Å². The number of halogens is 1. The van der Waals surface area contributed by atoms with Crippen molar-refractivity contribution in [1.82, 2.24) is 4.98 Å². The Balaban J connectivity index is 2.21. The Hall–Kier alpha value is -0.710. The summed E-state index contributed by atoms with van der Waals surface area (Å²) < 4.78 is 1.08. The van der Waals surface area contributed by atoms with Gasteiger partial charge in [0.25, 0.3) is 0 Å². The van der Waals surface area contributed by atoms with E-state index in [2.05, 4.69) is 38.4 Å². The normalized spacial score (nSPS) is 11.8. The molecule has 1 aromatic heterocycles. The second-order valence-corrected chi connectivity index (χ2v) is 6.66. The zero-order valence-electron chi connectivity index (χ0n) is 9.90. The largest absolute Gasteiger partial charge is 0.325 e. The molecule has 0 unspecified atom stereocenters. The van der Waals surface area contributed by atoms with Crippen LogP contribution in [0.1, 0.15) is 18.9 Å². The second kappa shape index (κ2) is 4.88. The van der Waals surface area contributed by atoms with Crippen LogP contribution in [0.15, 0.2) is 34.1 Å². The van der Waals surface area contributed by atoms with Crippen molar-refractivity contribution in [2.24, 2.45) is 5.73 Å². The molecule has 0 fully saturated rings. The van der Waals surface area contributed by atoms with Crippen molar-refractivity contribution in [1.29, 1.82) is 0 Å². The van der Waals surface area contributed by atoms with E-state index in [0.29, 0.717) is 0 Å². The summed E-state index contributed by atoms with van der Waals surface area (Å²) in [5, 5.41) is 3.18. The van der Waals surface area contributed by atoms with Gasteiger partial charge in [0.15, 0.2) is 0 Å². The van der Waals surface area contributed by atoms with E-state index in [-0.39, 0.29) is 5.54 Å². The monoisotopic (exact) mass is 310 g/mol. The molecule has 0 radical (unpaired) electrons. The van der Waals surface area contributed by atoms with Gasteiger partial charge in [0.05, 0.1) is 10.7 Å². The average Bonchev–Trinajstić information content (AvgIpc) is 2.64. The predicted octanol–water partition coefficient (Wildman–Crippen LogP) is 3.85. The van der Waals surface area contributed by atoms with E-state index in [4.69, 9.17) is 5.73 Å². The Morgan fingerprint density at radius 1 is 1.29 bits per heavy atom. The first-order chi connectivity index (χ1) is 7.94. The first-order valence-corrected chi connectivity index (χ1v) is 7.10. The van der Waals surface area contributed by atoms with Gasteiger partial charge in [-0.1, -0.05) is 28.1 Å². The summed E-state index contributed by atoms with van der Waals surface area (Å²) in [5.74, 6) is 0. The molecule has 2 N–H and O–H groups in total. The van der Waals surface area contributed by atoms with Crippen molar-refractivity contribution in [3.05, 3.63) is 39.1 Å². The summed E-state index contributed by atoms with van der Waals surface area (Å²) >= 11 is 5.10. The fraction of sp³-hybridized carbons (Fsp3) is 0.308. The SMILES string of the molecule is CC(C)(N)Cc1nc(-c2ccc(Br)cc2)cs1. The second-order valence-electron chi connectivity index (χ2n) is 4.80. The third kappa shape index (κ3) is 3.63. The van der Waals surface area contributed by atoms with Crippen LogP contribution in [-0.4, -0.2) is 10.5 Å². The highest BCUT2D eigenvalue weighted by Crippen LogP contribution is 2.25. The number of hydrogen-bond acceptors (Lipinski definition) is 3. The summed E-state index contributed by atoms with van der Waals surface area (Å²) in [4.78, 5) is 4.62. The van der Waals surface area contributed by atoms with Gasteiger partial charge in [-0.2, -0.15) is 0 Å². The van der Waals surface area contributed by atoms with Gasteiger partial charge in [-0.15, -0.1) is 11.3 Å². The predicted molar refractivity (Wildman–Crippen MR) is 77.2 cm³/mol. The van der Waals surface area contributed by atoms with E-state index in [9.17, 15) is 0 Å². The molecule has 90 valence electrons. The fourth-order valence-corrected chi connectivity index (χ4v) is 2.84. The molecule has 0 bridgehead atoms. The third-order valence-corrected chi connectivity index (χ3v) is 3.68. The maximum absolute atomic E-state index is 6.00. The van der Waals surface area contributed by atoms with Crippen LogP contribution >= 0.6 is 27.3 Å². The zero-order valence-corrected chi connectivity index (χ0v) is 12.3. The number of benzene rings is 1. The van der Waals surface area contributed by atoms with Crippen LogP contribution in [0.4, 0.5) is 0 Å². The molecule has 2 aromatic rings. The topological polar surface area (TPSA) is 38.9 Å². The molecule has 0 aliphatic carbocycles. The van der Waals surface area contributed by atoms with Crippen molar-refractivity contribution in [2.75, 3.05) is 0 Å². The average molecular weight is 311 g/mol. The highest BCUT2D eigenvalue weighted by molar-refractivity contribution is 9.10. The Labute approximate surface area is 114 Å². The summed E-state index contributed by atoms with van der Waals surface area (Å²) in [6, 6.07) is 8.19. The molecule has 0 spiro atoms. The third-order valence-electron chi connectivity index (χ3n) is 2.30. The summed E-state index contributed by atoms with van der Waals surface area (Å²) in [6.07, 6.45) is 0.814. The Morgan fingerprint density at radius 3 is 2.53 bits per heavy atom. The van der Waals surface area contributed by atoms with E-state index >= 15 is 0 Å². The lowest BCUT2D eigenvalue weighted by molar-refractivity contribution is 0.515. The standard InChI is InChI=1S/C13H15BrN2S/c1-13(2,15)7-12-16-11(8-17-12)9-3-5-10(14)6-4-9/h3-6,8H,7,15H2,1-2H3. The van der Waals surface area contributed by atoms with E-state index < -0.39 is 0 Å². The Kier molecular flexibility index (Phi) is 3.66. The molecule has 0 aliphatic rings. The van der Waals surface area contributed by atoms with E-state index in [1.54, 1.807) is 11.3 Å². The maximum atomic E-state index is 6.00. The number of thiazole rings is 1. The van der Waals surface area contributed by atoms with Gasteiger partial charge in [0, 0.05) is 27.4 Å². The molecular weight excluding hydrogens is 296 g/mol. The zero-order chi connectivity index (χ0) is 12.5. The number of rotatable bonds is 3. The lowest BCUT2D eigenvalue weighted by Gasteiger charge is -2.15. The van der Waals surface area contributed by atoms with Crippen LogP contribution in [0, 0.1) is 0 Å². The first-order valence-electron chi connectivity index (χ1n) is 5.43. The van der Waals surface area contributed by atoms with Crippen molar-refractivity contribution in [3.63, 3.8) is 0 Å². The van der Waals surface area contributed by atoms with E-state index in [1.807, 2.05) is 26.0 Å². The molecule has 17 heavy (non-hydrogen) atoms. The maximum Gasteiger partial charge on any atom is 0.0950 e. The van der Waals surface area contributed by atoms with Gasteiger partial charge < -0.3 is 5.73 Å². The smallest absolute Gasteiger partial charge is 0.0950 e. The van der Waals surface area contributed by atoms with Crippen LogP contribution in [0.5, 0.6) is 0 Å². The number of nitrogens with two attached hydrogens (primary N) is 1. The van der Waals surface area contributed by atoms with E-state index in [1.165, 1.54) is 0 Å². The van der Waals surface area contributed by atoms with Gasteiger partial charge in [-0.05, 0) is 26.0 Å². The van der Waals surface area contributed by atoms with Gasteiger partial charge >= 0.3 is 0 Å². The van der Waals surface area contributed by atoms with Gasteiger partial charge in [0.1, 0.15) is 0 Å². The highest BCUT2D eigenvalue weighted by Gasteiger charge is 2.14. The van der Waals surface area contributed by atoms with Crippen LogP contribution in [0.3, 0.4) is 0 Å². The fourth-order valence-electron chi connectivity index (χ4n) is 1.54. The molecule has 2 nitrogen and oxygen atoms in total. The lowest BCUT2D eigenvalue weighted by Crippen LogP contribution is -2.34.